The number of fused-ring (bicyclic) bond motifs is 1. The first kappa shape index (κ1) is 26.2. The van der Waals surface area contributed by atoms with Crippen molar-refractivity contribution in [1.82, 2.24) is 4.98 Å². The summed E-state index contributed by atoms with van der Waals surface area (Å²) in [5.41, 5.74) is 11.2. The maximum atomic E-state index is 6.72. The second kappa shape index (κ2) is 11.6. The van der Waals surface area contributed by atoms with Gasteiger partial charge in [-0.2, -0.15) is 0 Å². The Morgan fingerprint density at radius 1 is 0.452 bits per heavy atom. The van der Waals surface area contributed by atoms with Gasteiger partial charge < -0.3 is 0 Å². The molecule has 0 saturated heterocycles. The molecule has 7 aromatic rings. The van der Waals surface area contributed by atoms with Gasteiger partial charge in [-0.05, 0) is 80.9 Å². The third-order valence-corrected chi connectivity index (χ3v) is 8.66. The van der Waals surface area contributed by atoms with Crippen LogP contribution in [-0.4, -0.2) is 4.98 Å². The number of hydrogen-bond donors (Lipinski definition) is 0. The first-order chi connectivity index (χ1) is 20.7. The third-order valence-electron chi connectivity index (χ3n) is 7.36. The van der Waals surface area contributed by atoms with Gasteiger partial charge in [0.05, 0.1) is 10.2 Å². The quantitative estimate of drug-likeness (QED) is 0.180. The van der Waals surface area contributed by atoms with Gasteiger partial charge in [0.1, 0.15) is 5.01 Å². The monoisotopic (exact) mass is 575 g/mol. The Morgan fingerprint density at radius 2 is 0.976 bits per heavy atom. The Morgan fingerprint density at radius 3 is 1.60 bits per heavy atom. The third kappa shape index (κ3) is 5.31. The van der Waals surface area contributed by atoms with Gasteiger partial charge in [0.25, 0.3) is 0 Å². The van der Waals surface area contributed by atoms with Gasteiger partial charge in [0, 0.05) is 10.6 Å². The van der Waals surface area contributed by atoms with E-state index in [1.807, 2.05) is 18.2 Å². The summed E-state index contributed by atoms with van der Waals surface area (Å²) in [5.74, 6) is 0. The number of thiazole rings is 1. The first-order valence-electron chi connectivity index (χ1n) is 13.9. The Labute approximate surface area is 255 Å². The molecule has 42 heavy (non-hydrogen) atoms. The molecule has 0 aliphatic carbocycles. The van der Waals surface area contributed by atoms with E-state index in [2.05, 4.69) is 140 Å². The van der Waals surface area contributed by atoms with E-state index in [0.29, 0.717) is 5.02 Å². The van der Waals surface area contributed by atoms with Crippen molar-refractivity contribution in [3.05, 3.63) is 185 Å². The second-order valence-electron chi connectivity index (χ2n) is 10.1. The minimum atomic E-state index is 0.695. The molecule has 0 unspecified atom stereocenters. The number of rotatable bonds is 6. The number of para-hydroxylation sites is 1. The zero-order valence-electron chi connectivity index (χ0n) is 22.7. The Bertz CT molecular complexity index is 1950. The van der Waals surface area contributed by atoms with E-state index in [0.717, 1.165) is 32.8 Å². The maximum absolute atomic E-state index is 6.72. The number of halogens is 1. The van der Waals surface area contributed by atoms with Crippen molar-refractivity contribution in [3.8, 4) is 21.7 Å². The molecule has 1 nitrogen and oxygen atoms in total. The molecule has 0 aliphatic heterocycles. The molecule has 0 spiro atoms. The van der Waals surface area contributed by atoms with Crippen LogP contribution >= 0.6 is 22.9 Å². The lowest BCUT2D eigenvalue weighted by Crippen LogP contribution is -1.97. The van der Waals surface area contributed by atoms with Crippen molar-refractivity contribution in [2.75, 3.05) is 0 Å². The number of hydrogen-bond acceptors (Lipinski definition) is 2. The predicted octanol–water partition coefficient (Wildman–Crippen LogP) is 11.3. The average molecular weight is 576 g/mol. The smallest absolute Gasteiger partial charge is 0.124 e. The summed E-state index contributed by atoms with van der Waals surface area (Å²) >= 11 is 8.42. The lowest BCUT2D eigenvalue weighted by Gasteiger charge is -2.19. The van der Waals surface area contributed by atoms with Crippen LogP contribution in [0.3, 0.4) is 0 Å². The molecule has 0 fully saturated rings. The minimum absolute atomic E-state index is 0.695. The lowest BCUT2D eigenvalue weighted by molar-refractivity contribution is 1.47. The minimum Gasteiger partial charge on any atom is -0.236 e. The molecule has 0 radical (unpaired) electrons. The first-order valence-corrected chi connectivity index (χ1v) is 15.1. The molecular formula is C39H26ClNS. The van der Waals surface area contributed by atoms with E-state index < -0.39 is 0 Å². The van der Waals surface area contributed by atoms with E-state index in [4.69, 9.17) is 16.6 Å². The summed E-state index contributed by atoms with van der Waals surface area (Å²) in [7, 11) is 0. The molecule has 7 rings (SSSR count). The van der Waals surface area contributed by atoms with Crippen LogP contribution in [0, 0.1) is 0 Å². The van der Waals surface area contributed by atoms with Gasteiger partial charge in [0.2, 0.25) is 0 Å². The fourth-order valence-electron chi connectivity index (χ4n) is 5.45. The van der Waals surface area contributed by atoms with E-state index in [1.165, 1.54) is 32.5 Å². The van der Waals surface area contributed by atoms with Gasteiger partial charge in [0.15, 0.2) is 0 Å². The average Bonchev–Trinajstić information content (AvgIpc) is 3.49. The molecule has 0 aliphatic rings. The number of aromatic nitrogens is 1. The molecule has 200 valence electrons. The molecular weight excluding hydrogens is 550 g/mol. The molecule has 0 bridgehead atoms. The largest absolute Gasteiger partial charge is 0.236 e. The zero-order valence-corrected chi connectivity index (χ0v) is 24.3. The molecule has 6 aromatic carbocycles. The van der Waals surface area contributed by atoms with Gasteiger partial charge in [-0.1, -0.05) is 133 Å². The summed E-state index contributed by atoms with van der Waals surface area (Å²) in [6.45, 7) is 0. The van der Waals surface area contributed by atoms with E-state index in [1.54, 1.807) is 11.3 Å². The lowest BCUT2D eigenvalue weighted by atomic mass is 9.85. The van der Waals surface area contributed by atoms with Crippen LogP contribution < -0.4 is 0 Å². The summed E-state index contributed by atoms with van der Waals surface area (Å²) in [6.07, 6.45) is 0. The van der Waals surface area contributed by atoms with Crippen LogP contribution in [0.4, 0.5) is 0 Å². The SMILES string of the molecule is Clc1cc(-c2cccc(C(=C(c3ccccc3)c3ccccc3)c3ccccc3)c2)cc(-c2nc3ccccc3s2)c1. The normalized spacial score (nSPS) is 11.0. The molecule has 3 heteroatoms. The van der Waals surface area contributed by atoms with E-state index in [9.17, 15) is 0 Å². The molecule has 1 aromatic heterocycles. The Kier molecular flexibility index (Phi) is 7.24. The fraction of sp³-hybridized carbons (Fsp3) is 0. The summed E-state index contributed by atoms with van der Waals surface area (Å²) in [4.78, 5) is 4.89. The predicted molar refractivity (Wildman–Crippen MR) is 180 cm³/mol. The number of nitrogens with zero attached hydrogens (tertiary/aromatic N) is 1. The topological polar surface area (TPSA) is 12.9 Å². The van der Waals surface area contributed by atoms with Crippen molar-refractivity contribution in [2.24, 2.45) is 0 Å². The van der Waals surface area contributed by atoms with E-state index in [-0.39, 0.29) is 0 Å². The van der Waals surface area contributed by atoms with Crippen molar-refractivity contribution < 1.29 is 0 Å². The van der Waals surface area contributed by atoms with Crippen LogP contribution in [-0.2, 0) is 0 Å². The van der Waals surface area contributed by atoms with Crippen molar-refractivity contribution in [1.29, 1.82) is 0 Å². The second-order valence-corrected chi connectivity index (χ2v) is 11.6. The maximum Gasteiger partial charge on any atom is 0.124 e. The molecule has 0 atom stereocenters. The standard InChI is InChI=1S/C39H26ClNS/c40-34-25-32(24-33(26-34)39-41-35-21-10-11-22-36(35)42-39)30-19-12-20-31(23-30)38(29-17-8-3-9-18-29)37(27-13-4-1-5-14-27)28-15-6-2-7-16-28/h1-26H. The highest BCUT2D eigenvalue weighted by molar-refractivity contribution is 7.21. The summed E-state index contributed by atoms with van der Waals surface area (Å²) < 4.78 is 1.17. The van der Waals surface area contributed by atoms with Crippen LogP contribution in [0.1, 0.15) is 22.3 Å². The van der Waals surface area contributed by atoms with Crippen molar-refractivity contribution in [3.63, 3.8) is 0 Å². The highest BCUT2D eigenvalue weighted by Gasteiger charge is 2.17. The van der Waals surface area contributed by atoms with Crippen LogP contribution in [0.25, 0.3) is 43.1 Å². The van der Waals surface area contributed by atoms with Gasteiger partial charge in [-0.3, -0.25) is 0 Å². The highest BCUT2D eigenvalue weighted by Crippen LogP contribution is 2.39. The highest BCUT2D eigenvalue weighted by atomic mass is 35.5. The van der Waals surface area contributed by atoms with Crippen molar-refractivity contribution in [2.45, 2.75) is 0 Å². The Balaban J connectivity index is 1.42. The molecule has 0 amide bonds. The van der Waals surface area contributed by atoms with Gasteiger partial charge in [-0.15, -0.1) is 11.3 Å². The molecule has 1 heterocycles. The molecule has 0 N–H and O–H groups in total. The van der Waals surface area contributed by atoms with Gasteiger partial charge in [-0.25, -0.2) is 4.98 Å². The van der Waals surface area contributed by atoms with Crippen LogP contribution in [0.2, 0.25) is 5.02 Å². The fourth-order valence-corrected chi connectivity index (χ4v) is 6.64. The van der Waals surface area contributed by atoms with Crippen LogP contribution in [0.5, 0.6) is 0 Å². The van der Waals surface area contributed by atoms with Crippen molar-refractivity contribution >= 4 is 44.3 Å². The van der Waals surface area contributed by atoms with E-state index >= 15 is 0 Å². The van der Waals surface area contributed by atoms with Gasteiger partial charge >= 0.3 is 0 Å². The van der Waals surface area contributed by atoms with Crippen LogP contribution in [0.15, 0.2) is 158 Å². The summed E-state index contributed by atoms with van der Waals surface area (Å²) in [6, 6.07) is 55.2. The Hall–Kier alpha value is -4.76. The summed E-state index contributed by atoms with van der Waals surface area (Å²) in [5, 5.41) is 1.66. The number of benzene rings is 6. The zero-order chi connectivity index (χ0) is 28.3. The molecule has 0 saturated carbocycles.